The first-order valence-corrected chi connectivity index (χ1v) is 9.56. The van der Waals surface area contributed by atoms with Crippen molar-refractivity contribution in [3.63, 3.8) is 0 Å². The number of thioether (sulfide) groups is 1. The monoisotopic (exact) mass is 404 g/mol. The third-order valence-corrected chi connectivity index (χ3v) is 6.10. The van der Waals surface area contributed by atoms with Gasteiger partial charge in [-0.15, -0.1) is 22.0 Å². The van der Waals surface area contributed by atoms with Crippen LogP contribution < -0.4 is 0 Å². The van der Waals surface area contributed by atoms with E-state index in [1.807, 2.05) is 24.3 Å². The van der Waals surface area contributed by atoms with Crippen molar-refractivity contribution in [2.45, 2.75) is 17.8 Å². The Morgan fingerprint density at radius 2 is 2.00 bits per heavy atom. The van der Waals surface area contributed by atoms with Gasteiger partial charge in [0.15, 0.2) is 5.82 Å². The van der Waals surface area contributed by atoms with Crippen molar-refractivity contribution in [3.05, 3.63) is 81.6 Å². The number of halogens is 2. The summed E-state index contributed by atoms with van der Waals surface area (Å²) in [5.41, 5.74) is 2.74. The van der Waals surface area contributed by atoms with E-state index in [2.05, 4.69) is 20.2 Å². The molecule has 3 aromatic rings. The lowest BCUT2D eigenvalue weighted by atomic mass is 9.95. The van der Waals surface area contributed by atoms with Gasteiger partial charge >= 0.3 is 0 Å². The number of aromatic amines is 1. The Kier molecular flexibility index (Phi) is 5.00. The second kappa shape index (κ2) is 7.40. The first kappa shape index (κ1) is 17.5. The predicted molar refractivity (Wildman–Crippen MR) is 104 cm³/mol. The Labute approximate surface area is 164 Å². The summed E-state index contributed by atoms with van der Waals surface area (Å²) >= 11 is 13.6. The average Bonchev–Trinajstić information content (AvgIpc) is 3.31. The van der Waals surface area contributed by atoms with Crippen molar-refractivity contribution in [2.24, 2.45) is 0 Å². The number of aliphatic hydroxyl groups excluding tert-OH is 1. The van der Waals surface area contributed by atoms with Gasteiger partial charge in [0.1, 0.15) is 17.6 Å². The van der Waals surface area contributed by atoms with Crippen molar-refractivity contribution < 1.29 is 5.11 Å². The van der Waals surface area contributed by atoms with Crippen LogP contribution >= 0.6 is 35.0 Å². The Morgan fingerprint density at radius 3 is 2.69 bits per heavy atom. The van der Waals surface area contributed by atoms with E-state index in [0.29, 0.717) is 22.4 Å². The minimum Gasteiger partial charge on any atom is -0.384 e. The van der Waals surface area contributed by atoms with E-state index in [-0.39, 0.29) is 5.25 Å². The van der Waals surface area contributed by atoms with Crippen molar-refractivity contribution in [3.8, 4) is 0 Å². The summed E-state index contributed by atoms with van der Waals surface area (Å²) in [5.74, 6) is 0.653. The zero-order valence-electron chi connectivity index (χ0n) is 13.4. The van der Waals surface area contributed by atoms with Gasteiger partial charge in [-0.25, -0.2) is 4.98 Å². The molecule has 0 fully saturated rings. The number of benzene rings is 1. The van der Waals surface area contributed by atoms with Crippen LogP contribution in [0.3, 0.4) is 0 Å². The fourth-order valence-electron chi connectivity index (χ4n) is 2.96. The Hall–Kier alpha value is -1.86. The quantitative estimate of drug-likeness (QED) is 0.609. The second-order valence-electron chi connectivity index (χ2n) is 5.87. The molecule has 0 bridgehead atoms. The molecule has 2 atom stereocenters. The summed E-state index contributed by atoms with van der Waals surface area (Å²) in [6, 6.07) is 11.0. The normalized spacial score (nSPS) is 18.3. The number of nitrogens with zero attached hydrogens (tertiary/aromatic N) is 3. The van der Waals surface area contributed by atoms with Crippen LogP contribution in [-0.2, 0) is 0 Å². The largest absolute Gasteiger partial charge is 0.384 e. The average molecular weight is 405 g/mol. The summed E-state index contributed by atoms with van der Waals surface area (Å²) in [6.45, 7) is 0. The van der Waals surface area contributed by atoms with Gasteiger partial charge in [0.25, 0.3) is 0 Å². The lowest BCUT2D eigenvalue weighted by molar-refractivity contribution is 0.212. The molecule has 0 aliphatic carbocycles. The molecule has 1 unspecified atom stereocenters. The molecule has 0 radical (unpaired) electrons. The van der Waals surface area contributed by atoms with Crippen molar-refractivity contribution in [2.75, 3.05) is 0 Å². The molecule has 1 aliphatic rings. The van der Waals surface area contributed by atoms with Gasteiger partial charge < -0.3 is 10.1 Å². The first-order valence-electron chi connectivity index (χ1n) is 7.93. The van der Waals surface area contributed by atoms with Crippen LogP contribution in [0.25, 0.3) is 4.91 Å². The highest BCUT2D eigenvalue weighted by atomic mass is 35.5. The zero-order valence-corrected chi connectivity index (χ0v) is 15.8. The third-order valence-electron chi connectivity index (χ3n) is 4.23. The van der Waals surface area contributed by atoms with Crippen LogP contribution in [0.5, 0.6) is 0 Å². The van der Waals surface area contributed by atoms with E-state index in [0.717, 1.165) is 21.6 Å². The van der Waals surface area contributed by atoms with Crippen LogP contribution in [-0.4, -0.2) is 25.3 Å². The van der Waals surface area contributed by atoms with Crippen molar-refractivity contribution in [1.29, 1.82) is 0 Å². The van der Waals surface area contributed by atoms with Crippen LogP contribution in [0.1, 0.15) is 34.7 Å². The number of aliphatic hydroxyl groups is 1. The maximum Gasteiger partial charge on any atom is 0.167 e. The van der Waals surface area contributed by atoms with Crippen LogP contribution in [0.15, 0.2) is 54.5 Å². The standard InChI is InChI=1S/C18H14Cl2N4OS/c19-12-3-1-10(2-4-12)16(25)13-8-14(11-5-6-21-15(20)7-11)26-17(13)18-22-9-23-24-18/h1-7,9,14,16,25H,8H2,(H,22,23,24)/t14?,16-/m1/s1. The summed E-state index contributed by atoms with van der Waals surface area (Å²) in [4.78, 5) is 7.98. The number of rotatable bonds is 4. The highest BCUT2D eigenvalue weighted by Gasteiger charge is 2.33. The highest BCUT2D eigenvalue weighted by Crippen LogP contribution is 2.54. The summed E-state index contributed by atoms with van der Waals surface area (Å²) in [5, 5.41) is 20.2. The fourth-order valence-corrected chi connectivity index (χ4v) is 4.66. The number of H-pyrrole nitrogens is 1. The Morgan fingerprint density at radius 1 is 1.19 bits per heavy atom. The molecule has 2 N–H and O–H groups in total. The van der Waals surface area contributed by atoms with E-state index < -0.39 is 6.10 Å². The Balaban J connectivity index is 1.70. The van der Waals surface area contributed by atoms with Gasteiger partial charge in [-0.2, -0.15) is 0 Å². The number of nitrogens with one attached hydrogen (secondary N) is 1. The molecule has 0 saturated heterocycles. The van der Waals surface area contributed by atoms with E-state index in [4.69, 9.17) is 23.2 Å². The molecule has 3 heterocycles. The summed E-state index contributed by atoms with van der Waals surface area (Å²) < 4.78 is 0. The Bertz CT molecular complexity index is 944. The number of hydrogen-bond acceptors (Lipinski definition) is 5. The van der Waals surface area contributed by atoms with Gasteiger partial charge in [-0.05, 0) is 47.4 Å². The van der Waals surface area contributed by atoms with E-state index in [1.54, 1.807) is 30.1 Å². The molecule has 5 nitrogen and oxygen atoms in total. The molecule has 1 aliphatic heterocycles. The predicted octanol–water partition coefficient (Wildman–Crippen LogP) is 4.83. The maximum atomic E-state index is 11.0. The zero-order chi connectivity index (χ0) is 18.1. The molecule has 2 aromatic heterocycles. The smallest absolute Gasteiger partial charge is 0.167 e. The minimum absolute atomic E-state index is 0.118. The minimum atomic E-state index is -0.748. The highest BCUT2D eigenvalue weighted by molar-refractivity contribution is 8.08. The summed E-state index contributed by atoms with van der Waals surface area (Å²) in [7, 11) is 0. The topological polar surface area (TPSA) is 74.7 Å². The van der Waals surface area contributed by atoms with Crippen molar-refractivity contribution in [1.82, 2.24) is 20.2 Å². The van der Waals surface area contributed by atoms with Crippen molar-refractivity contribution >= 4 is 39.9 Å². The molecule has 0 saturated carbocycles. The van der Waals surface area contributed by atoms with Crippen LogP contribution in [0.2, 0.25) is 10.2 Å². The SMILES string of the molecule is O[C@@H](C1=C(c2nnc[nH]2)SC(c2ccnc(Cl)c2)C1)c1ccc(Cl)cc1. The maximum absolute atomic E-state index is 11.0. The van der Waals surface area contributed by atoms with E-state index in [9.17, 15) is 5.11 Å². The number of pyridine rings is 1. The third kappa shape index (κ3) is 3.50. The molecule has 1 aromatic carbocycles. The molecule has 132 valence electrons. The van der Waals surface area contributed by atoms with Crippen LogP contribution in [0, 0.1) is 0 Å². The molecule has 4 rings (SSSR count). The van der Waals surface area contributed by atoms with Crippen LogP contribution in [0.4, 0.5) is 0 Å². The molecule has 0 amide bonds. The number of hydrogen-bond donors (Lipinski definition) is 2. The molecule has 0 spiro atoms. The van der Waals surface area contributed by atoms with E-state index in [1.165, 1.54) is 6.33 Å². The van der Waals surface area contributed by atoms with Gasteiger partial charge in [0, 0.05) is 16.5 Å². The molecular weight excluding hydrogens is 391 g/mol. The van der Waals surface area contributed by atoms with Gasteiger partial charge in [-0.1, -0.05) is 35.3 Å². The second-order valence-corrected chi connectivity index (χ2v) is 7.91. The lowest BCUT2D eigenvalue weighted by Gasteiger charge is -2.15. The summed E-state index contributed by atoms with van der Waals surface area (Å²) in [6.07, 6.45) is 3.15. The van der Waals surface area contributed by atoms with Gasteiger partial charge in [-0.3, -0.25) is 0 Å². The molecule has 8 heteroatoms. The number of aromatic nitrogens is 4. The fraction of sp³-hybridized carbons (Fsp3) is 0.167. The first-order chi connectivity index (χ1) is 12.6. The lowest BCUT2D eigenvalue weighted by Crippen LogP contribution is -2.03. The van der Waals surface area contributed by atoms with E-state index >= 15 is 0 Å². The van der Waals surface area contributed by atoms with Gasteiger partial charge in [0.2, 0.25) is 0 Å². The molecular formula is C18H14Cl2N4OS. The molecule has 26 heavy (non-hydrogen) atoms. The van der Waals surface area contributed by atoms with Gasteiger partial charge in [0.05, 0.1) is 4.91 Å².